The predicted octanol–water partition coefficient (Wildman–Crippen LogP) is 3.75. The highest BCUT2D eigenvalue weighted by Gasteiger charge is 2.13. The maximum Gasteiger partial charge on any atom is 0.238 e. The third-order valence-electron chi connectivity index (χ3n) is 4.19. The zero-order chi connectivity index (χ0) is 20.0. The smallest absolute Gasteiger partial charge is 0.238 e. The third kappa shape index (κ3) is 5.45. The van der Waals surface area contributed by atoms with Crippen LogP contribution >= 0.6 is 0 Å². The quantitative estimate of drug-likeness (QED) is 0.596. The van der Waals surface area contributed by atoms with Gasteiger partial charge in [-0.05, 0) is 35.2 Å². The Hall–Kier alpha value is -3.09. The van der Waals surface area contributed by atoms with E-state index in [1.54, 1.807) is 18.4 Å². The summed E-state index contributed by atoms with van der Waals surface area (Å²) < 4.78 is 16.0. The number of aromatic nitrogens is 2. The molecule has 7 heteroatoms. The molecule has 0 unspecified atom stereocenters. The van der Waals surface area contributed by atoms with Crippen molar-refractivity contribution >= 4 is 5.91 Å². The summed E-state index contributed by atoms with van der Waals surface area (Å²) >= 11 is 0. The lowest BCUT2D eigenvalue weighted by Crippen LogP contribution is -2.28. The van der Waals surface area contributed by atoms with Gasteiger partial charge < -0.3 is 19.0 Å². The van der Waals surface area contributed by atoms with Gasteiger partial charge in [-0.3, -0.25) is 4.79 Å². The first-order chi connectivity index (χ1) is 13.4. The maximum atomic E-state index is 11.9. The summed E-state index contributed by atoms with van der Waals surface area (Å²) in [5.41, 5.74) is 1.37. The zero-order valence-corrected chi connectivity index (χ0v) is 16.4. The Morgan fingerprint density at radius 3 is 2.64 bits per heavy atom. The minimum atomic E-state index is -0.0931. The first-order valence-corrected chi connectivity index (χ1v) is 9.28. The summed E-state index contributed by atoms with van der Waals surface area (Å²) in [5.74, 6) is 2.01. The van der Waals surface area contributed by atoms with Crippen molar-refractivity contribution in [2.24, 2.45) is 0 Å². The van der Waals surface area contributed by atoms with Gasteiger partial charge in [-0.2, -0.15) is 4.98 Å². The van der Waals surface area contributed by atoms with E-state index in [2.05, 4.69) is 48.4 Å². The van der Waals surface area contributed by atoms with Gasteiger partial charge >= 0.3 is 0 Å². The highest BCUT2D eigenvalue weighted by atomic mass is 16.5. The van der Waals surface area contributed by atoms with Gasteiger partial charge in [0.15, 0.2) is 5.76 Å². The van der Waals surface area contributed by atoms with Gasteiger partial charge in [0.25, 0.3) is 0 Å². The fraction of sp³-hybridized carbons (Fsp3) is 0.381. The number of aryl methyl sites for hydroxylation is 1. The number of amides is 1. The summed E-state index contributed by atoms with van der Waals surface area (Å²) in [5, 5.41) is 6.66. The van der Waals surface area contributed by atoms with E-state index in [4.69, 9.17) is 13.7 Å². The lowest BCUT2D eigenvalue weighted by molar-refractivity contribution is -0.121. The van der Waals surface area contributed by atoms with Crippen molar-refractivity contribution < 1.29 is 18.5 Å². The molecule has 0 aliphatic carbocycles. The topological polar surface area (TPSA) is 90.4 Å². The number of nitrogens with zero attached hydrogens (tertiary/aromatic N) is 2. The van der Waals surface area contributed by atoms with Crippen LogP contribution in [0.25, 0.3) is 11.6 Å². The van der Waals surface area contributed by atoms with Gasteiger partial charge in [-0.15, -0.1) is 0 Å². The second kappa shape index (κ2) is 8.73. The van der Waals surface area contributed by atoms with Crippen LogP contribution in [0.2, 0.25) is 0 Å². The second-order valence-electron chi connectivity index (χ2n) is 7.46. The molecule has 0 saturated carbocycles. The number of carbonyl (C=O) groups is 1. The van der Waals surface area contributed by atoms with Crippen LogP contribution in [0.3, 0.4) is 0 Å². The van der Waals surface area contributed by atoms with Crippen LogP contribution < -0.4 is 10.1 Å². The van der Waals surface area contributed by atoms with Crippen LogP contribution in [0.4, 0.5) is 0 Å². The van der Waals surface area contributed by atoms with E-state index in [1.165, 1.54) is 5.56 Å². The van der Waals surface area contributed by atoms with Gasteiger partial charge in [0, 0.05) is 12.8 Å². The van der Waals surface area contributed by atoms with Crippen molar-refractivity contribution in [3.63, 3.8) is 0 Å². The number of ether oxygens (including phenoxy) is 1. The van der Waals surface area contributed by atoms with Gasteiger partial charge in [0.2, 0.25) is 17.6 Å². The molecule has 0 saturated heterocycles. The Balaban J connectivity index is 1.35. The summed E-state index contributed by atoms with van der Waals surface area (Å²) in [6, 6.07) is 11.5. The largest absolute Gasteiger partial charge is 0.492 e. The number of hydrogen-bond donors (Lipinski definition) is 1. The van der Waals surface area contributed by atoms with Crippen molar-refractivity contribution in [3.05, 3.63) is 54.1 Å². The number of carbonyl (C=O) groups excluding carboxylic acids is 1. The number of furan rings is 1. The summed E-state index contributed by atoms with van der Waals surface area (Å²) in [4.78, 5) is 16.2. The minimum absolute atomic E-state index is 0.0931. The lowest BCUT2D eigenvalue weighted by Gasteiger charge is -2.19. The van der Waals surface area contributed by atoms with Gasteiger partial charge in [-0.1, -0.05) is 38.1 Å². The molecule has 1 amide bonds. The molecule has 0 bridgehead atoms. The van der Waals surface area contributed by atoms with Gasteiger partial charge in [0.05, 0.1) is 12.8 Å². The molecule has 1 aromatic carbocycles. The van der Waals surface area contributed by atoms with Crippen LogP contribution in [0, 0.1) is 0 Å². The molecule has 148 valence electrons. The SMILES string of the molecule is CC(C)(C)c1ccc(OCCNC(=O)CCc2nc(-c3ccco3)no2)cc1. The lowest BCUT2D eigenvalue weighted by atomic mass is 9.87. The van der Waals surface area contributed by atoms with Gasteiger partial charge in [-0.25, -0.2) is 0 Å². The average Bonchev–Trinajstić information content (AvgIpc) is 3.34. The Morgan fingerprint density at radius 2 is 1.96 bits per heavy atom. The molecule has 0 fully saturated rings. The van der Waals surface area contributed by atoms with Crippen LogP contribution in [0.5, 0.6) is 5.75 Å². The first kappa shape index (κ1) is 19.7. The highest BCUT2D eigenvalue weighted by molar-refractivity contribution is 5.76. The van der Waals surface area contributed by atoms with Crippen LogP contribution in [0.1, 0.15) is 38.6 Å². The molecule has 3 aromatic rings. The fourth-order valence-electron chi connectivity index (χ4n) is 2.58. The number of hydrogen-bond acceptors (Lipinski definition) is 6. The Bertz CT molecular complexity index is 877. The minimum Gasteiger partial charge on any atom is -0.492 e. The van der Waals surface area contributed by atoms with Crippen molar-refractivity contribution in [2.75, 3.05) is 13.2 Å². The van der Waals surface area contributed by atoms with E-state index < -0.39 is 0 Å². The Morgan fingerprint density at radius 1 is 1.18 bits per heavy atom. The molecule has 28 heavy (non-hydrogen) atoms. The normalized spacial score (nSPS) is 11.4. The Labute approximate surface area is 164 Å². The zero-order valence-electron chi connectivity index (χ0n) is 16.4. The molecule has 0 spiro atoms. The standard InChI is InChI=1S/C21H25N3O4/c1-21(2,3)15-6-8-16(9-7-15)26-14-12-22-18(25)10-11-19-23-20(24-28-19)17-5-4-13-27-17/h4-9,13H,10-12,14H2,1-3H3,(H,22,25). The molecule has 3 rings (SSSR count). The monoisotopic (exact) mass is 383 g/mol. The van der Waals surface area contributed by atoms with Crippen molar-refractivity contribution in [1.82, 2.24) is 15.5 Å². The molecule has 2 heterocycles. The molecule has 0 aliphatic rings. The van der Waals surface area contributed by atoms with E-state index in [0.29, 0.717) is 37.0 Å². The Kier molecular flexibility index (Phi) is 6.13. The predicted molar refractivity (Wildman–Crippen MR) is 104 cm³/mol. The number of nitrogens with one attached hydrogen (secondary N) is 1. The molecule has 0 radical (unpaired) electrons. The van der Waals surface area contributed by atoms with E-state index >= 15 is 0 Å². The van der Waals surface area contributed by atoms with Crippen LogP contribution in [0.15, 0.2) is 51.6 Å². The number of rotatable bonds is 8. The van der Waals surface area contributed by atoms with E-state index in [0.717, 1.165) is 5.75 Å². The molecular weight excluding hydrogens is 358 g/mol. The average molecular weight is 383 g/mol. The highest BCUT2D eigenvalue weighted by Crippen LogP contribution is 2.24. The van der Waals surface area contributed by atoms with E-state index in [9.17, 15) is 4.79 Å². The van der Waals surface area contributed by atoms with Crippen molar-refractivity contribution in [3.8, 4) is 17.3 Å². The fourth-order valence-corrected chi connectivity index (χ4v) is 2.58. The molecule has 0 atom stereocenters. The van der Waals surface area contributed by atoms with Crippen LogP contribution in [-0.4, -0.2) is 29.2 Å². The summed E-state index contributed by atoms with van der Waals surface area (Å²) in [7, 11) is 0. The van der Waals surface area contributed by atoms with Crippen molar-refractivity contribution in [1.29, 1.82) is 0 Å². The maximum absolute atomic E-state index is 11.9. The van der Waals surface area contributed by atoms with Crippen LogP contribution in [-0.2, 0) is 16.6 Å². The molecular formula is C21H25N3O4. The number of benzene rings is 1. The van der Waals surface area contributed by atoms with Gasteiger partial charge in [0.1, 0.15) is 12.4 Å². The molecule has 7 nitrogen and oxygen atoms in total. The van der Waals surface area contributed by atoms with E-state index in [-0.39, 0.29) is 17.7 Å². The third-order valence-corrected chi connectivity index (χ3v) is 4.19. The molecule has 0 aliphatic heterocycles. The molecule has 2 aromatic heterocycles. The summed E-state index contributed by atoms with van der Waals surface area (Å²) in [6.07, 6.45) is 2.18. The second-order valence-corrected chi connectivity index (χ2v) is 7.46. The first-order valence-electron chi connectivity index (χ1n) is 9.28. The molecule has 1 N–H and O–H groups in total. The van der Waals surface area contributed by atoms with Crippen molar-refractivity contribution in [2.45, 2.75) is 39.0 Å². The summed E-state index contributed by atoms with van der Waals surface area (Å²) in [6.45, 7) is 7.35. The van der Waals surface area contributed by atoms with E-state index in [1.807, 2.05) is 12.1 Å².